The lowest BCUT2D eigenvalue weighted by Gasteiger charge is -2.12. The summed E-state index contributed by atoms with van der Waals surface area (Å²) in [5, 5.41) is 0. The van der Waals surface area contributed by atoms with Gasteiger partial charge in [0, 0.05) is 8.82 Å². The van der Waals surface area contributed by atoms with Gasteiger partial charge in [-0.25, -0.2) is 0 Å². The maximum Gasteiger partial charge on any atom is 0.0370 e. The van der Waals surface area contributed by atoms with Crippen molar-refractivity contribution in [3.8, 4) is 0 Å². The van der Waals surface area contributed by atoms with Gasteiger partial charge in [0.05, 0.1) is 0 Å². The second-order valence-electron chi connectivity index (χ2n) is 4.23. The van der Waals surface area contributed by atoms with Crippen molar-refractivity contribution >= 4 is 35.2 Å². The number of hydrogen-bond acceptors (Lipinski definition) is 1. The lowest BCUT2D eigenvalue weighted by Crippen LogP contribution is -1.91. The number of alkyl halides is 1. The summed E-state index contributed by atoms with van der Waals surface area (Å²) in [7, 11) is 0. The van der Waals surface area contributed by atoms with Gasteiger partial charge in [0.1, 0.15) is 0 Å². The van der Waals surface area contributed by atoms with Crippen molar-refractivity contribution in [2.45, 2.75) is 54.3 Å². The average Bonchev–Trinajstić information content (AvgIpc) is 2.29. The molecule has 16 heavy (non-hydrogen) atoms. The molecule has 0 fully saturated rings. The Labute approximate surface area is 119 Å². The number of rotatable bonds is 7. The van der Waals surface area contributed by atoms with E-state index in [1.807, 2.05) is 0 Å². The summed E-state index contributed by atoms with van der Waals surface area (Å²) in [6.45, 7) is 2.26. The molecule has 1 rings (SSSR count). The molecule has 0 radical (unpaired) electrons. The second kappa shape index (κ2) is 8.40. The molecule has 0 bridgehead atoms. The summed E-state index contributed by atoms with van der Waals surface area (Å²) >= 11 is 7.06. The molecule has 0 N–H and O–H groups in total. The predicted octanol–water partition coefficient (Wildman–Crippen LogP) is 5.81. The van der Waals surface area contributed by atoms with E-state index in [1.54, 1.807) is 0 Å². The second-order valence-corrected chi connectivity index (χ2v) is 6.21. The van der Waals surface area contributed by atoms with E-state index in [2.05, 4.69) is 66.4 Å². The lowest BCUT2D eigenvalue weighted by atomic mass is 10.0. The minimum atomic E-state index is 0.618. The van der Waals surface area contributed by atoms with Crippen molar-refractivity contribution < 1.29 is 0 Å². The van der Waals surface area contributed by atoms with Gasteiger partial charge in [-0.05, 0) is 18.1 Å². The molecule has 1 aromatic rings. The van der Waals surface area contributed by atoms with E-state index in [1.165, 1.54) is 44.1 Å². The highest BCUT2D eigenvalue weighted by atomic mass is 127. The van der Waals surface area contributed by atoms with Crippen molar-refractivity contribution in [1.82, 2.24) is 0 Å². The van der Waals surface area contributed by atoms with Gasteiger partial charge in [-0.15, -0.1) is 12.6 Å². The molecule has 0 heterocycles. The summed E-state index contributed by atoms with van der Waals surface area (Å²) < 4.78 is 0.618. The van der Waals surface area contributed by atoms with Gasteiger partial charge >= 0.3 is 0 Å². The minimum Gasteiger partial charge on any atom is -0.143 e. The lowest BCUT2D eigenvalue weighted by molar-refractivity contribution is 0.607. The molecular formula is C14H21IS. The number of thiol groups is 1. The number of benzene rings is 1. The first-order valence-corrected chi connectivity index (χ1v) is 7.87. The van der Waals surface area contributed by atoms with E-state index in [-0.39, 0.29) is 0 Å². The molecule has 0 aromatic heterocycles. The molecule has 0 nitrogen and oxygen atoms in total. The van der Waals surface area contributed by atoms with Crippen LogP contribution < -0.4 is 0 Å². The van der Waals surface area contributed by atoms with Crippen LogP contribution >= 0.6 is 35.2 Å². The third-order valence-electron chi connectivity index (χ3n) is 2.84. The summed E-state index contributed by atoms with van der Waals surface area (Å²) in [6.07, 6.45) is 8.10. The van der Waals surface area contributed by atoms with Crippen LogP contribution in [-0.2, 0) is 0 Å². The van der Waals surface area contributed by atoms with Crippen LogP contribution in [-0.4, -0.2) is 0 Å². The Morgan fingerprint density at radius 3 is 2.50 bits per heavy atom. The van der Waals surface area contributed by atoms with E-state index in [9.17, 15) is 0 Å². The number of hydrogen-bond donors (Lipinski definition) is 1. The fourth-order valence-electron chi connectivity index (χ4n) is 1.84. The van der Waals surface area contributed by atoms with E-state index >= 15 is 0 Å². The summed E-state index contributed by atoms with van der Waals surface area (Å²) in [6, 6.07) is 8.45. The molecule has 90 valence electrons. The first-order valence-electron chi connectivity index (χ1n) is 6.17. The smallest absolute Gasteiger partial charge is 0.0370 e. The molecule has 1 aromatic carbocycles. The Balaban J connectivity index is 2.30. The Kier molecular flexibility index (Phi) is 7.54. The van der Waals surface area contributed by atoms with Crippen molar-refractivity contribution in [2.24, 2.45) is 0 Å². The van der Waals surface area contributed by atoms with Crippen LogP contribution in [0.25, 0.3) is 0 Å². The van der Waals surface area contributed by atoms with E-state index in [4.69, 9.17) is 0 Å². The molecular weight excluding hydrogens is 327 g/mol. The van der Waals surface area contributed by atoms with E-state index in [0.717, 1.165) is 4.90 Å². The molecule has 0 saturated heterocycles. The summed E-state index contributed by atoms with van der Waals surface area (Å²) in [4.78, 5) is 1.13. The van der Waals surface area contributed by atoms with Gasteiger partial charge in [0.15, 0.2) is 0 Å². The first-order chi connectivity index (χ1) is 7.75. The van der Waals surface area contributed by atoms with Crippen LogP contribution in [0.4, 0.5) is 0 Å². The Bertz CT molecular complexity index is 299. The monoisotopic (exact) mass is 348 g/mol. The largest absolute Gasteiger partial charge is 0.143 e. The summed E-state index contributed by atoms with van der Waals surface area (Å²) in [5.41, 5.74) is 1.39. The molecule has 0 saturated carbocycles. The minimum absolute atomic E-state index is 0.618. The van der Waals surface area contributed by atoms with E-state index < -0.39 is 0 Å². The van der Waals surface area contributed by atoms with Crippen LogP contribution in [0.3, 0.4) is 0 Å². The molecule has 0 spiro atoms. The SMILES string of the molecule is CCCCCCCC(I)c1ccccc1S. The van der Waals surface area contributed by atoms with Gasteiger partial charge in [0.25, 0.3) is 0 Å². The van der Waals surface area contributed by atoms with Crippen LogP contribution in [0.15, 0.2) is 29.2 Å². The molecule has 2 heteroatoms. The van der Waals surface area contributed by atoms with Crippen molar-refractivity contribution in [3.05, 3.63) is 29.8 Å². The third-order valence-corrected chi connectivity index (χ3v) is 4.54. The summed E-state index contributed by atoms with van der Waals surface area (Å²) in [5.74, 6) is 0. The maximum atomic E-state index is 4.51. The Morgan fingerprint density at radius 1 is 1.12 bits per heavy atom. The highest BCUT2D eigenvalue weighted by Gasteiger charge is 2.09. The van der Waals surface area contributed by atoms with Crippen LogP contribution in [0.5, 0.6) is 0 Å². The molecule has 0 amide bonds. The highest BCUT2D eigenvalue weighted by Crippen LogP contribution is 2.33. The highest BCUT2D eigenvalue weighted by molar-refractivity contribution is 14.1. The fraction of sp³-hybridized carbons (Fsp3) is 0.571. The third kappa shape index (κ3) is 5.09. The van der Waals surface area contributed by atoms with Crippen molar-refractivity contribution in [2.75, 3.05) is 0 Å². The van der Waals surface area contributed by atoms with Gasteiger partial charge < -0.3 is 0 Å². The van der Waals surface area contributed by atoms with Crippen LogP contribution in [0.2, 0.25) is 0 Å². The first kappa shape index (κ1) is 14.4. The topological polar surface area (TPSA) is 0 Å². The fourth-order valence-corrected chi connectivity index (χ4v) is 3.38. The Morgan fingerprint density at radius 2 is 1.81 bits per heavy atom. The Hall–Kier alpha value is 0.300. The van der Waals surface area contributed by atoms with Gasteiger partial charge in [-0.1, -0.05) is 79.8 Å². The van der Waals surface area contributed by atoms with Crippen molar-refractivity contribution in [1.29, 1.82) is 0 Å². The van der Waals surface area contributed by atoms with E-state index in [0.29, 0.717) is 3.92 Å². The zero-order chi connectivity index (χ0) is 11.8. The molecule has 1 unspecified atom stereocenters. The van der Waals surface area contributed by atoms with Crippen LogP contribution in [0, 0.1) is 0 Å². The van der Waals surface area contributed by atoms with Gasteiger partial charge in [-0.2, -0.15) is 0 Å². The quantitative estimate of drug-likeness (QED) is 0.273. The normalized spacial score (nSPS) is 12.7. The van der Waals surface area contributed by atoms with Gasteiger partial charge in [0.2, 0.25) is 0 Å². The average molecular weight is 348 g/mol. The number of unbranched alkanes of at least 4 members (excludes halogenated alkanes) is 4. The van der Waals surface area contributed by atoms with Gasteiger partial charge in [-0.3, -0.25) is 0 Å². The zero-order valence-electron chi connectivity index (χ0n) is 9.95. The molecule has 0 aliphatic carbocycles. The standard InChI is InChI=1S/C14H21IS/c1-2-3-4-5-6-10-13(15)12-9-7-8-11-14(12)16/h7-9,11,13,16H,2-6,10H2,1H3. The molecule has 1 atom stereocenters. The predicted molar refractivity (Wildman–Crippen MR) is 83.8 cm³/mol. The van der Waals surface area contributed by atoms with Crippen LogP contribution in [0.1, 0.15) is 54.9 Å². The molecule has 0 aliphatic heterocycles. The number of halogens is 1. The zero-order valence-corrected chi connectivity index (χ0v) is 13.0. The van der Waals surface area contributed by atoms with Crippen molar-refractivity contribution in [3.63, 3.8) is 0 Å². The maximum absolute atomic E-state index is 4.51. The molecule has 0 aliphatic rings.